The number of nitrogens with two attached hydrogens (primary N) is 1. The van der Waals surface area contributed by atoms with Gasteiger partial charge in [0.2, 0.25) is 5.88 Å². The van der Waals surface area contributed by atoms with E-state index in [-0.39, 0.29) is 0 Å². The largest absolute Gasteiger partial charge is 0.476 e. The van der Waals surface area contributed by atoms with E-state index in [9.17, 15) is 0 Å². The third-order valence-electron chi connectivity index (χ3n) is 2.28. The van der Waals surface area contributed by atoms with Crippen LogP contribution in [0.15, 0.2) is 18.2 Å². The van der Waals surface area contributed by atoms with Gasteiger partial charge < -0.3 is 10.5 Å². The van der Waals surface area contributed by atoms with Gasteiger partial charge >= 0.3 is 0 Å². The van der Waals surface area contributed by atoms with E-state index < -0.39 is 0 Å². The fourth-order valence-electron chi connectivity index (χ4n) is 1.56. The number of nitrogen functional groups attached to an aromatic ring is 1. The second-order valence-corrected chi connectivity index (χ2v) is 3.55. The first-order valence-electron chi connectivity index (χ1n) is 5.07. The van der Waals surface area contributed by atoms with Gasteiger partial charge in [0.25, 0.3) is 0 Å². The molecule has 0 saturated carbocycles. The minimum Gasteiger partial charge on any atom is -0.476 e. The Morgan fingerprint density at radius 1 is 1.47 bits per heavy atom. The first-order chi connectivity index (χ1) is 7.22. The first-order valence-corrected chi connectivity index (χ1v) is 5.07. The van der Waals surface area contributed by atoms with Crippen LogP contribution in [0.4, 0.5) is 5.69 Å². The third kappa shape index (κ3) is 1.75. The number of aromatic nitrogens is 2. The number of hydrogen-bond acceptors (Lipinski definition) is 3. The van der Waals surface area contributed by atoms with E-state index in [0.29, 0.717) is 12.5 Å². The molecule has 1 aromatic carbocycles. The van der Waals surface area contributed by atoms with Gasteiger partial charge in [0.15, 0.2) is 0 Å². The van der Waals surface area contributed by atoms with Crippen molar-refractivity contribution in [2.24, 2.45) is 7.05 Å². The summed E-state index contributed by atoms with van der Waals surface area (Å²) in [7, 11) is 1.90. The average molecular weight is 205 g/mol. The molecular formula is C11H15N3O. The van der Waals surface area contributed by atoms with Crippen molar-refractivity contribution in [3.05, 3.63) is 18.2 Å². The molecule has 1 heterocycles. The van der Waals surface area contributed by atoms with Gasteiger partial charge in [0.05, 0.1) is 17.5 Å². The lowest BCUT2D eigenvalue weighted by Gasteiger charge is -2.00. The monoisotopic (exact) mass is 205 g/mol. The van der Waals surface area contributed by atoms with Gasteiger partial charge in [-0.05, 0) is 24.6 Å². The van der Waals surface area contributed by atoms with Crippen LogP contribution in [0.1, 0.15) is 13.3 Å². The smallest absolute Gasteiger partial charge is 0.240 e. The summed E-state index contributed by atoms with van der Waals surface area (Å²) in [4.78, 5) is 0. The van der Waals surface area contributed by atoms with Crippen LogP contribution in [0, 0.1) is 0 Å². The van der Waals surface area contributed by atoms with Crippen molar-refractivity contribution in [3.8, 4) is 5.88 Å². The van der Waals surface area contributed by atoms with E-state index >= 15 is 0 Å². The molecule has 2 aromatic rings. The summed E-state index contributed by atoms with van der Waals surface area (Å²) in [5.41, 5.74) is 7.51. The summed E-state index contributed by atoms with van der Waals surface area (Å²) in [5.74, 6) is 0.668. The summed E-state index contributed by atoms with van der Waals surface area (Å²) >= 11 is 0. The summed E-state index contributed by atoms with van der Waals surface area (Å²) < 4.78 is 7.36. The van der Waals surface area contributed by atoms with Gasteiger partial charge in [0.1, 0.15) is 0 Å². The van der Waals surface area contributed by atoms with Crippen molar-refractivity contribution in [2.45, 2.75) is 13.3 Å². The summed E-state index contributed by atoms with van der Waals surface area (Å²) in [6.07, 6.45) is 0.973. The molecule has 0 saturated heterocycles. The highest BCUT2D eigenvalue weighted by molar-refractivity contribution is 5.87. The van der Waals surface area contributed by atoms with Gasteiger partial charge in [-0.25, -0.2) is 0 Å². The van der Waals surface area contributed by atoms with Crippen molar-refractivity contribution in [3.63, 3.8) is 0 Å². The Kier molecular flexibility index (Phi) is 2.49. The highest BCUT2D eigenvalue weighted by atomic mass is 16.5. The molecule has 0 atom stereocenters. The maximum Gasteiger partial charge on any atom is 0.240 e. The molecule has 0 radical (unpaired) electrons. The molecule has 2 rings (SSSR count). The minimum absolute atomic E-state index is 0.668. The predicted octanol–water partition coefficient (Wildman–Crippen LogP) is 1.94. The number of fused-ring (bicyclic) bond motifs is 1. The Morgan fingerprint density at radius 3 is 3.00 bits per heavy atom. The lowest BCUT2D eigenvalue weighted by Crippen LogP contribution is -1.96. The van der Waals surface area contributed by atoms with Crippen molar-refractivity contribution in [2.75, 3.05) is 12.3 Å². The average Bonchev–Trinajstić information content (AvgIpc) is 2.52. The number of benzene rings is 1. The topological polar surface area (TPSA) is 53.1 Å². The maximum absolute atomic E-state index is 5.74. The van der Waals surface area contributed by atoms with Crippen molar-refractivity contribution < 1.29 is 4.74 Å². The molecule has 0 amide bonds. The van der Waals surface area contributed by atoms with Crippen molar-refractivity contribution >= 4 is 16.6 Å². The Labute approximate surface area is 88.6 Å². The quantitative estimate of drug-likeness (QED) is 0.779. The van der Waals surface area contributed by atoms with Crippen LogP contribution in [0.3, 0.4) is 0 Å². The molecule has 0 spiro atoms. The number of hydrogen-bond donors (Lipinski definition) is 1. The van der Waals surface area contributed by atoms with Crippen LogP contribution in [-0.4, -0.2) is 16.4 Å². The number of nitrogens with zero attached hydrogens (tertiary/aromatic N) is 2. The summed E-state index contributed by atoms with van der Waals surface area (Å²) in [5, 5.41) is 5.28. The molecule has 0 aliphatic heterocycles. The molecule has 80 valence electrons. The Morgan fingerprint density at radius 2 is 2.27 bits per heavy atom. The molecule has 15 heavy (non-hydrogen) atoms. The second-order valence-electron chi connectivity index (χ2n) is 3.55. The summed E-state index contributed by atoms with van der Waals surface area (Å²) in [6.45, 7) is 2.75. The lowest BCUT2D eigenvalue weighted by molar-refractivity contribution is 0.305. The highest BCUT2D eigenvalue weighted by Gasteiger charge is 2.09. The molecular weight excluding hydrogens is 190 g/mol. The first kappa shape index (κ1) is 9.83. The van der Waals surface area contributed by atoms with Gasteiger partial charge in [0, 0.05) is 12.7 Å². The second kappa shape index (κ2) is 3.81. The van der Waals surface area contributed by atoms with Gasteiger partial charge in [-0.2, -0.15) is 0 Å². The number of aryl methyl sites for hydroxylation is 1. The maximum atomic E-state index is 5.74. The Balaban J connectivity index is 2.49. The van der Waals surface area contributed by atoms with Gasteiger partial charge in [-0.1, -0.05) is 6.92 Å². The molecule has 0 fully saturated rings. The third-order valence-corrected chi connectivity index (χ3v) is 2.28. The zero-order valence-corrected chi connectivity index (χ0v) is 9.03. The van der Waals surface area contributed by atoms with Gasteiger partial charge in [-0.15, -0.1) is 5.10 Å². The fraction of sp³-hybridized carbons (Fsp3) is 0.364. The number of anilines is 1. The molecule has 4 heteroatoms. The van der Waals surface area contributed by atoms with Crippen LogP contribution >= 0.6 is 0 Å². The number of ether oxygens (including phenoxy) is 1. The Bertz CT molecular complexity index is 476. The standard InChI is InChI=1S/C11H15N3O/c1-3-6-15-11-9-7-8(12)4-5-10(9)14(2)13-11/h4-5,7H,3,6,12H2,1-2H3. The van der Waals surface area contributed by atoms with Crippen LogP contribution < -0.4 is 10.5 Å². The van der Waals surface area contributed by atoms with E-state index in [1.165, 1.54) is 0 Å². The molecule has 0 aliphatic carbocycles. The molecule has 4 nitrogen and oxygen atoms in total. The Hall–Kier alpha value is -1.71. The van der Waals surface area contributed by atoms with Crippen LogP contribution in [0.25, 0.3) is 10.9 Å². The van der Waals surface area contributed by atoms with Crippen LogP contribution in [-0.2, 0) is 7.05 Å². The van der Waals surface area contributed by atoms with Crippen molar-refractivity contribution in [1.29, 1.82) is 0 Å². The van der Waals surface area contributed by atoms with E-state index in [4.69, 9.17) is 10.5 Å². The van der Waals surface area contributed by atoms with Crippen molar-refractivity contribution in [1.82, 2.24) is 9.78 Å². The minimum atomic E-state index is 0.668. The highest BCUT2D eigenvalue weighted by Crippen LogP contribution is 2.26. The van der Waals surface area contributed by atoms with Gasteiger partial charge in [-0.3, -0.25) is 4.68 Å². The molecule has 1 aromatic heterocycles. The predicted molar refractivity (Wildman–Crippen MR) is 60.9 cm³/mol. The van der Waals surface area contributed by atoms with E-state index in [1.54, 1.807) is 4.68 Å². The molecule has 2 N–H and O–H groups in total. The zero-order chi connectivity index (χ0) is 10.8. The molecule has 0 aliphatic rings. The summed E-state index contributed by atoms with van der Waals surface area (Å²) in [6, 6.07) is 5.72. The SMILES string of the molecule is CCCOc1nn(C)c2ccc(N)cc12. The lowest BCUT2D eigenvalue weighted by atomic mass is 10.2. The fourth-order valence-corrected chi connectivity index (χ4v) is 1.56. The molecule has 0 unspecified atom stereocenters. The number of rotatable bonds is 3. The van der Waals surface area contributed by atoms with Crippen LogP contribution in [0.5, 0.6) is 5.88 Å². The normalized spacial score (nSPS) is 10.8. The molecule has 0 bridgehead atoms. The van der Waals surface area contributed by atoms with E-state index in [1.807, 2.05) is 25.2 Å². The van der Waals surface area contributed by atoms with E-state index in [0.717, 1.165) is 23.0 Å². The zero-order valence-electron chi connectivity index (χ0n) is 9.03. The van der Waals surface area contributed by atoms with E-state index in [2.05, 4.69) is 12.0 Å². The van der Waals surface area contributed by atoms with Crippen LogP contribution in [0.2, 0.25) is 0 Å².